The van der Waals surface area contributed by atoms with Gasteiger partial charge in [-0.05, 0) is 54.1 Å². The zero-order chi connectivity index (χ0) is 17.2. The number of nitrogens with zero attached hydrogens (tertiary/aromatic N) is 2. The van der Waals surface area contributed by atoms with Gasteiger partial charge in [-0.15, -0.1) is 0 Å². The Hall–Kier alpha value is -2.56. The molecule has 0 amide bonds. The van der Waals surface area contributed by atoms with Gasteiger partial charge in [0.2, 0.25) is 5.88 Å². The minimum atomic E-state index is -0.292. The van der Waals surface area contributed by atoms with Crippen LogP contribution in [0.15, 0.2) is 30.3 Å². The van der Waals surface area contributed by atoms with E-state index >= 15 is 0 Å². The fourth-order valence-corrected chi connectivity index (χ4v) is 2.82. The number of benzene rings is 1. The highest BCUT2D eigenvalue weighted by atomic mass is 16.6. The average Bonchev–Trinajstić information content (AvgIpc) is 3.38. The quantitative estimate of drug-likeness (QED) is 0.817. The van der Waals surface area contributed by atoms with Crippen LogP contribution in [0.3, 0.4) is 0 Å². The largest absolute Gasteiger partial charge is 0.494 e. The van der Waals surface area contributed by atoms with Crippen molar-refractivity contribution >= 4 is 24.1 Å². The first-order valence-electron chi connectivity index (χ1n) is 8.35. The summed E-state index contributed by atoms with van der Waals surface area (Å²) in [5.74, 6) is 1.64. The molecule has 1 aliphatic heterocycles. The van der Waals surface area contributed by atoms with Crippen molar-refractivity contribution in [1.29, 1.82) is 5.26 Å². The molecule has 0 atom stereocenters. The van der Waals surface area contributed by atoms with Crippen LogP contribution < -0.4 is 15.5 Å². The van der Waals surface area contributed by atoms with Crippen molar-refractivity contribution in [3.8, 4) is 11.9 Å². The highest BCUT2D eigenvalue weighted by Crippen LogP contribution is 2.30. The minimum Gasteiger partial charge on any atom is -0.476 e. The molecule has 0 spiro atoms. The Labute approximate surface area is 146 Å². The van der Waals surface area contributed by atoms with E-state index in [2.05, 4.69) is 16.4 Å². The summed E-state index contributed by atoms with van der Waals surface area (Å²) in [7, 11) is 1.34. The van der Waals surface area contributed by atoms with Gasteiger partial charge in [0.15, 0.2) is 0 Å². The number of ether oxygens (including phenoxy) is 1. The lowest BCUT2D eigenvalue weighted by Gasteiger charge is -2.11. The molecule has 4 rings (SSSR count). The Kier molecular flexibility index (Phi) is 4.30. The lowest BCUT2D eigenvalue weighted by Crippen LogP contribution is -2.30. The maximum Gasteiger partial charge on any atom is 0.494 e. The van der Waals surface area contributed by atoms with Gasteiger partial charge >= 0.3 is 7.12 Å². The third-order valence-electron chi connectivity index (χ3n) is 4.41. The van der Waals surface area contributed by atoms with E-state index in [4.69, 9.17) is 14.0 Å². The van der Waals surface area contributed by atoms with E-state index in [-0.39, 0.29) is 7.12 Å². The number of nitrogens with one attached hydrogen (secondary N) is 1. The second-order valence-corrected chi connectivity index (χ2v) is 6.33. The van der Waals surface area contributed by atoms with Crippen LogP contribution >= 0.6 is 0 Å². The molecule has 1 aromatic heterocycles. The summed E-state index contributed by atoms with van der Waals surface area (Å²) in [4.78, 5) is 4.45. The number of pyridine rings is 1. The molecule has 0 unspecified atom stereocenters. The Morgan fingerprint density at radius 2 is 2.24 bits per heavy atom. The number of aromatic nitrogens is 1. The molecule has 0 radical (unpaired) electrons. The molecule has 2 aliphatic rings. The molecule has 0 bridgehead atoms. The summed E-state index contributed by atoms with van der Waals surface area (Å²) < 4.78 is 16.6. The molecule has 25 heavy (non-hydrogen) atoms. The van der Waals surface area contributed by atoms with Gasteiger partial charge in [-0.2, -0.15) is 10.2 Å². The molecule has 2 aromatic rings. The van der Waals surface area contributed by atoms with Gasteiger partial charge in [-0.1, -0.05) is 6.07 Å². The molecule has 126 valence electrons. The van der Waals surface area contributed by atoms with E-state index in [0.717, 1.165) is 16.7 Å². The molecule has 6 nitrogen and oxygen atoms in total. The molecule has 7 heteroatoms. The zero-order valence-corrected chi connectivity index (χ0v) is 14.0. The fourth-order valence-electron chi connectivity index (χ4n) is 2.82. The summed E-state index contributed by atoms with van der Waals surface area (Å²) >= 11 is 0. The SMILES string of the molecule is COB1OCc2cc(Nc3ccc(C#N)c(OCC4CC4)n3)ccc21. The molecule has 2 heterocycles. The lowest BCUT2D eigenvalue weighted by atomic mass is 9.79. The van der Waals surface area contributed by atoms with Crippen LogP contribution in [0.5, 0.6) is 5.88 Å². The van der Waals surface area contributed by atoms with Crippen molar-refractivity contribution in [3.05, 3.63) is 41.5 Å². The summed E-state index contributed by atoms with van der Waals surface area (Å²) in [5.41, 5.74) is 3.51. The maximum absolute atomic E-state index is 9.22. The summed E-state index contributed by atoms with van der Waals surface area (Å²) in [6, 6.07) is 11.6. The van der Waals surface area contributed by atoms with E-state index in [1.54, 1.807) is 19.2 Å². The van der Waals surface area contributed by atoms with Crippen molar-refractivity contribution in [2.75, 3.05) is 19.0 Å². The van der Waals surface area contributed by atoms with E-state index < -0.39 is 0 Å². The van der Waals surface area contributed by atoms with Crippen molar-refractivity contribution in [3.63, 3.8) is 0 Å². The van der Waals surface area contributed by atoms with E-state index in [1.165, 1.54) is 12.8 Å². The molecular weight excluding hydrogens is 317 g/mol. The predicted octanol–water partition coefficient (Wildman–Crippen LogP) is 2.36. The maximum atomic E-state index is 9.22. The third-order valence-corrected chi connectivity index (χ3v) is 4.41. The number of hydrogen-bond acceptors (Lipinski definition) is 6. The topological polar surface area (TPSA) is 76.4 Å². The van der Waals surface area contributed by atoms with E-state index in [0.29, 0.717) is 36.4 Å². The van der Waals surface area contributed by atoms with E-state index in [1.807, 2.05) is 18.2 Å². The molecular formula is C18H18BN3O3. The Morgan fingerprint density at radius 1 is 1.36 bits per heavy atom. The second-order valence-electron chi connectivity index (χ2n) is 6.33. The first-order chi connectivity index (χ1) is 12.3. The van der Waals surface area contributed by atoms with Crippen molar-refractivity contribution < 1.29 is 14.0 Å². The van der Waals surface area contributed by atoms with Crippen LogP contribution in [0.25, 0.3) is 0 Å². The highest BCUT2D eigenvalue weighted by molar-refractivity contribution is 6.62. The van der Waals surface area contributed by atoms with Crippen LogP contribution in [0.4, 0.5) is 11.5 Å². The van der Waals surface area contributed by atoms with Crippen LogP contribution in [0.1, 0.15) is 24.0 Å². The molecule has 1 aliphatic carbocycles. The van der Waals surface area contributed by atoms with Crippen LogP contribution in [0, 0.1) is 17.2 Å². The third kappa shape index (κ3) is 3.45. The summed E-state index contributed by atoms with van der Waals surface area (Å²) in [5, 5.41) is 12.5. The lowest BCUT2D eigenvalue weighted by molar-refractivity contribution is 0.246. The first kappa shape index (κ1) is 15.9. The fraction of sp³-hybridized carbons (Fsp3) is 0.333. The molecule has 1 N–H and O–H groups in total. The Morgan fingerprint density at radius 3 is 3.00 bits per heavy atom. The standard InChI is InChI=1S/C18H18BN3O3/c1-23-19-16-6-5-15(8-14(16)11-25-19)21-17-7-4-13(9-20)18(22-17)24-10-12-2-3-12/h4-8,12H,2-3,10-11H2,1H3,(H,21,22). The number of nitriles is 1. The number of fused-ring (bicyclic) bond motifs is 1. The zero-order valence-electron chi connectivity index (χ0n) is 14.0. The van der Waals surface area contributed by atoms with Crippen molar-refractivity contribution in [1.82, 2.24) is 4.98 Å². The van der Waals surface area contributed by atoms with Crippen molar-refractivity contribution in [2.24, 2.45) is 5.92 Å². The van der Waals surface area contributed by atoms with E-state index in [9.17, 15) is 5.26 Å². The molecule has 1 aromatic carbocycles. The number of anilines is 2. The number of rotatable bonds is 6. The smallest absolute Gasteiger partial charge is 0.476 e. The van der Waals surface area contributed by atoms with Gasteiger partial charge in [0.05, 0.1) is 13.2 Å². The van der Waals surface area contributed by atoms with Gasteiger partial charge in [0.1, 0.15) is 17.5 Å². The van der Waals surface area contributed by atoms with Gasteiger partial charge in [-0.25, -0.2) is 0 Å². The average molecular weight is 335 g/mol. The van der Waals surface area contributed by atoms with Crippen LogP contribution in [0.2, 0.25) is 0 Å². The Bertz CT molecular complexity index is 833. The normalized spacial score (nSPS) is 15.6. The second kappa shape index (κ2) is 6.75. The van der Waals surface area contributed by atoms with Gasteiger partial charge < -0.3 is 19.4 Å². The molecule has 1 saturated carbocycles. The summed E-state index contributed by atoms with van der Waals surface area (Å²) in [6.45, 7) is 1.15. The van der Waals surface area contributed by atoms with Gasteiger partial charge in [0, 0.05) is 12.8 Å². The molecule has 1 fully saturated rings. The van der Waals surface area contributed by atoms with Gasteiger partial charge in [-0.3, -0.25) is 0 Å². The monoisotopic (exact) mass is 335 g/mol. The van der Waals surface area contributed by atoms with Gasteiger partial charge in [0.25, 0.3) is 0 Å². The summed E-state index contributed by atoms with van der Waals surface area (Å²) in [6.07, 6.45) is 2.39. The minimum absolute atomic E-state index is 0.292. The number of hydrogen-bond donors (Lipinski definition) is 1. The molecule has 0 saturated heterocycles. The van der Waals surface area contributed by atoms with Crippen LogP contribution in [-0.2, 0) is 15.9 Å². The first-order valence-corrected chi connectivity index (χ1v) is 8.35. The Balaban J connectivity index is 1.52. The van der Waals surface area contributed by atoms with Crippen molar-refractivity contribution in [2.45, 2.75) is 19.4 Å². The van der Waals surface area contributed by atoms with Crippen LogP contribution in [-0.4, -0.2) is 25.8 Å². The highest BCUT2D eigenvalue weighted by Gasteiger charge is 2.29. The predicted molar refractivity (Wildman–Crippen MR) is 94.1 cm³/mol.